The van der Waals surface area contributed by atoms with Crippen molar-refractivity contribution in [1.82, 2.24) is 4.90 Å². The van der Waals surface area contributed by atoms with Crippen LogP contribution in [0.3, 0.4) is 0 Å². The second-order valence-electron chi connectivity index (χ2n) is 6.27. The summed E-state index contributed by atoms with van der Waals surface area (Å²) in [5, 5.41) is 0. The molecule has 0 aliphatic rings. The van der Waals surface area contributed by atoms with Gasteiger partial charge >= 0.3 is 5.97 Å². The summed E-state index contributed by atoms with van der Waals surface area (Å²) in [5.41, 5.74) is 1.53. The molecule has 118 valence electrons. The average Bonchev–Trinajstić information content (AvgIpc) is 2.43. The fourth-order valence-corrected chi connectivity index (χ4v) is 2.27. The van der Waals surface area contributed by atoms with Crippen molar-refractivity contribution in [3.63, 3.8) is 0 Å². The lowest BCUT2D eigenvalue weighted by Crippen LogP contribution is -2.34. The smallest absolute Gasteiger partial charge is 0.316 e. The van der Waals surface area contributed by atoms with Gasteiger partial charge in [0.15, 0.2) is 0 Å². The molecule has 3 heteroatoms. The monoisotopic (exact) mass is 291 g/mol. The van der Waals surface area contributed by atoms with E-state index in [0.29, 0.717) is 5.75 Å². The highest BCUT2D eigenvalue weighted by Gasteiger charge is 2.30. The van der Waals surface area contributed by atoms with E-state index < -0.39 is 5.41 Å². The second-order valence-corrected chi connectivity index (χ2v) is 6.27. The Morgan fingerprint density at radius 3 is 2.14 bits per heavy atom. The molecule has 0 radical (unpaired) electrons. The fraction of sp³-hybridized carbons (Fsp3) is 0.611. The maximum atomic E-state index is 12.5. The Morgan fingerprint density at radius 1 is 1.14 bits per heavy atom. The van der Waals surface area contributed by atoms with E-state index in [4.69, 9.17) is 4.74 Å². The summed E-state index contributed by atoms with van der Waals surface area (Å²) in [6.07, 6.45) is 0.804. The highest BCUT2D eigenvalue weighted by Crippen LogP contribution is 2.28. The van der Waals surface area contributed by atoms with Gasteiger partial charge in [-0.25, -0.2) is 0 Å². The molecular formula is C18H29NO2. The summed E-state index contributed by atoms with van der Waals surface area (Å²) in [6, 6.07) is 5.92. The number of hydrogen-bond donors (Lipinski definition) is 0. The van der Waals surface area contributed by atoms with E-state index in [1.54, 1.807) is 0 Å². The van der Waals surface area contributed by atoms with Gasteiger partial charge in [0.2, 0.25) is 0 Å². The summed E-state index contributed by atoms with van der Waals surface area (Å²) in [7, 11) is 0. The Hall–Kier alpha value is -1.35. The Bertz CT molecular complexity index is 456. The third kappa shape index (κ3) is 4.85. The standard InChI is InChI=1S/C18H29NO2/c1-7-19(8-2)13-12-18(5,6)17(20)21-16-14(3)10-9-11-15(16)4/h9-11H,7-8,12-13H2,1-6H3. The summed E-state index contributed by atoms with van der Waals surface area (Å²) >= 11 is 0. The minimum absolute atomic E-state index is 0.146. The van der Waals surface area contributed by atoms with E-state index in [1.165, 1.54) is 0 Å². The molecule has 0 aliphatic heterocycles. The minimum Gasteiger partial charge on any atom is -0.426 e. The van der Waals surface area contributed by atoms with Crippen LogP contribution in [0.25, 0.3) is 0 Å². The van der Waals surface area contributed by atoms with Gasteiger partial charge in [-0.3, -0.25) is 4.79 Å². The van der Waals surface area contributed by atoms with Gasteiger partial charge in [-0.2, -0.15) is 0 Å². The molecule has 0 bridgehead atoms. The van der Waals surface area contributed by atoms with Crippen LogP contribution in [0.5, 0.6) is 5.75 Å². The van der Waals surface area contributed by atoms with Crippen molar-refractivity contribution in [2.45, 2.75) is 48.0 Å². The molecule has 0 atom stereocenters. The van der Waals surface area contributed by atoms with Crippen LogP contribution in [0.1, 0.15) is 45.2 Å². The molecule has 0 unspecified atom stereocenters. The Balaban J connectivity index is 2.73. The summed E-state index contributed by atoms with van der Waals surface area (Å²) < 4.78 is 5.68. The largest absolute Gasteiger partial charge is 0.426 e. The zero-order valence-electron chi connectivity index (χ0n) is 14.3. The van der Waals surface area contributed by atoms with Gasteiger partial charge in [0.05, 0.1) is 5.41 Å². The number of carbonyl (C=O) groups excluding carboxylic acids is 1. The number of hydrogen-bond acceptors (Lipinski definition) is 3. The molecule has 1 rings (SSSR count). The maximum absolute atomic E-state index is 12.5. The number of carbonyl (C=O) groups is 1. The summed E-state index contributed by atoms with van der Waals surface area (Å²) in [4.78, 5) is 14.8. The van der Waals surface area contributed by atoms with Crippen molar-refractivity contribution in [3.8, 4) is 5.75 Å². The van der Waals surface area contributed by atoms with Crippen LogP contribution >= 0.6 is 0 Å². The number of esters is 1. The fourth-order valence-electron chi connectivity index (χ4n) is 2.27. The van der Waals surface area contributed by atoms with Gasteiger partial charge in [-0.05, 0) is 64.9 Å². The lowest BCUT2D eigenvalue weighted by atomic mass is 9.89. The first-order valence-corrected chi connectivity index (χ1v) is 7.82. The van der Waals surface area contributed by atoms with E-state index in [1.807, 2.05) is 45.9 Å². The molecule has 1 aromatic carbocycles. The van der Waals surface area contributed by atoms with Gasteiger partial charge < -0.3 is 9.64 Å². The zero-order chi connectivity index (χ0) is 16.0. The Labute approximate surface area is 129 Å². The van der Waals surface area contributed by atoms with Crippen LogP contribution in [-0.2, 0) is 4.79 Å². The molecule has 0 aliphatic carbocycles. The van der Waals surface area contributed by atoms with Gasteiger partial charge in [0, 0.05) is 0 Å². The normalized spacial score (nSPS) is 11.8. The predicted molar refractivity (Wildman–Crippen MR) is 87.7 cm³/mol. The van der Waals surface area contributed by atoms with Crippen molar-refractivity contribution in [1.29, 1.82) is 0 Å². The van der Waals surface area contributed by atoms with Crippen LogP contribution in [0, 0.1) is 19.3 Å². The summed E-state index contributed by atoms with van der Waals surface area (Å²) in [5.74, 6) is 0.561. The van der Waals surface area contributed by atoms with Gasteiger partial charge in [0.1, 0.15) is 5.75 Å². The van der Waals surface area contributed by atoms with Crippen LogP contribution < -0.4 is 4.74 Å². The molecule has 0 aromatic heterocycles. The van der Waals surface area contributed by atoms with Crippen molar-refractivity contribution in [2.75, 3.05) is 19.6 Å². The van der Waals surface area contributed by atoms with E-state index >= 15 is 0 Å². The van der Waals surface area contributed by atoms with Gasteiger partial charge in [0.25, 0.3) is 0 Å². The molecule has 0 saturated heterocycles. The molecule has 0 fully saturated rings. The van der Waals surface area contributed by atoms with E-state index in [9.17, 15) is 4.79 Å². The lowest BCUT2D eigenvalue weighted by molar-refractivity contribution is -0.144. The Morgan fingerprint density at radius 2 is 1.67 bits per heavy atom. The molecule has 0 heterocycles. The SMILES string of the molecule is CCN(CC)CCC(C)(C)C(=O)Oc1c(C)cccc1C. The first kappa shape index (κ1) is 17.7. The number of para-hydroxylation sites is 1. The number of aryl methyl sites for hydroxylation is 2. The molecule has 1 aromatic rings. The molecule has 21 heavy (non-hydrogen) atoms. The highest BCUT2D eigenvalue weighted by molar-refractivity contribution is 5.79. The van der Waals surface area contributed by atoms with E-state index in [2.05, 4.69) is 18.7 Å². The first-order chi connectivity index (χ1) is 9.81. The molecular weight excluding hydrogens is 262 g/mol. The quantitative estimate of drug-likeness (QED) is 0.562. The van der Waals surface area contributed by atoms with Crippen molar-refractivity contribution in [2.24, 2.45) is 5.41 Å². The number of rotatable bonds is 7. The molecule has 0 N–H and O–H groups in total. The van der Waals surface area contributed by atoms with Crippen molar-refractivity contribution >= 4 is 5.97 Å². The highest BCUT2D eigenvalue weighted by atomic mass is 16.5. The van der Waals surface area contributed by atoms with Crippen molar-refractivity contribution < 1.29 is 9.53 Å². The maximum Gasteiger partial charge on any atom is 0.316 e. The lowest BCUT2D eigenvalue weighted by Gasteiger charge is -2.27. The molecule has 0 spiro atoms. The van der Waals surface area contributed by atoms with Crippen LogP contribution in [0.15, 0.2) is 18.2 Å². The average molecular weight is 291 g/mol. The first-order valence-electron chi connectivity index (χ1n) is 7.82. The number of ether oxygens (including phenoxy) is 1. The Kier molecular flexibility index (Phi) is 6.41. The predicted octanol–water partition coefficient (Wildman–Crippen LogP) is 3.97. The third-order valence-electron chi connectivity index (χ3n) is 4.10. The van der Waals surface area contributed by atoms with Crippen molar-refractivity contribution in [3.05, 3.63) is 29.3 Å². The zero-order valence-corrected chi connectivity index (χ0v) is 14.3. The number of benzene rings is 1. The van der Waals surface area contributed by atoms with Gasteiger partial charge in [-0.1, -0.05) is 32.0 Å². The van der Waals surface area contributed by atoms with Gasteiger partial charge in [-0.15, -0.1) is 0 Å². The van der Waals surface area contributed by atoms with Crippen LogP contribution in [-0.4, -0.2) is 30.5 Å². The minimum atomic E-state index is -0.475. The van der Waals surface area contributed by atoms with E-state index in [0.717, 1.165) is 37.2 Å². The summed E-state index contributed by atoms with van der Waals surface area (Å²) in [6.45, 7) is 15.1. The molecule has 0 saturated carbocycles. The third-order valence-corrected chi connectivity index (χ3v) is 4.10. The number of nitrogens with zero attached hydrogens (tertiary/aromatic N) is 1. The van der Waals surface area contributed by atoms with Crippen LogP contribution in [0.2, 0.25) is 0 Å². The molecule has 0 amide bonds. The molecule has 3 nitrogen and oxygen atoms in total. The van der Waals surface area contributed by atoms with E-state index in [-0.39, 0.29) is 5.97 Å². The van der Waals surface area contributed by atoms with Crippen LogP contribution in [0.4, 0.5) is 0 Å². The second kappa shape index (κ2) is 7.60. The topological polar surface area (TPSA) is 29.5 Å².